The van der Waals surface area contributed by atoms with E-state index in [0.717, 1.165) is 31.1 Å². The van der Waals surface area contributed by atoms with E-state index in [9.17, 15) is 4.79 Å². The van der Waals surface area contributed by atoms with Crippen LogP contribution in [-0.2, 0) is 0 Å². The highest BCUT2D eigenvalue weighted by atomic mass is 16.1. The number of nitrogens with two attached hydrogens (primary N) is 1. The van der Waals surface area contributed by atoms with Crippen molar-refractivity contribution in [2.45, 2.75) is 37.8 Å². The Morgan fingerprint density at radius 3 is 2.84 bits per heavy atom. The fourth-order valence-electron chi connectivity index (χ4n) is 2.45. The first-order valence-corrected chi connectivity index (χ1v) is 6.59. The molecule has 0 amide bonds. The minimum Gasteiger partial charge on any atom is -0.351 e. The predicted molar refractivity (Wildman–Crippen MR) is 74.0 cm³/mol. The van der Waals surface area contributed by atoms with Gasteiger partial charge in [-0.1, -0.05) is 0 Å². The highest BCUT2D eigenvalue weighted by molar-refractivity contribution is 5.74. The van der Waals surface area contributed by atoms with Gasteiger partial charge in [-0.2, -0.15) is 4.98 Å². The molecule has 0 saturated heterocycles. The van der Waals surface area contributed by atoms with Gasteiger partial charge in [-0.3, -0.25) is 4.79 Å². The fraction of sp³-hybridized carbons (Fsp3) is 0.462. The van der Waals surface area contributed by atoms with Crippen LogP contribution in [-0.4, -0.2) is 27.0 Å². The first-order chi connectivity index (χ1) is 9.20. The van der Waals surface area contributed by atoms with E-state index in [1.54, 1.807) is 12.3 Å². The van der Waals surface area contributed by atoms with E-state index in [1.165, 1.54) is 6.07 Å². The van der Waals surface area contributed by atoms with Gasteiger partial charge in [0, 0.05) is 29.7 Å². The second-order valence-corrected chi connectivity index (χ2v) is 5.08. The summed E-state index contributed by atoms with van der Waals surface area (Å²) in [6.07, 6.45) is 5.85. The maximum absolute atomic E-state index is 11.3. The molecule has 6 heteroatoms. The van der Waals surface area contributed by atoms with Crippen molar-refractivity contribution >= 4 is 17.0 Å². The normalized spacial score (nSPS) is 23.4. The molecule has 1 fully saturated rings. The molecule has 0 spiro atoms. The van der Waals surface area contributed by atoms with E-state index in [1.807, 2.05) is 0 Å². The van der Waals surface area contributed by atoms with E-state index in [4.69, 9.17) is 5.73 Å². The van der Waals surface area contributed by atoms with Crippen molar-refractivity contribution in [2.24, 2.45) is 5.73 Å². The molecule has 0 aromatic carbocycles. The van der Waals surface area contributed by atoms with E-state index in [2.05, 4.69) is 20.3 Å². The number of nitrogens with one attached hydrogen (secondary N) is 2. The van der Waals surface area contributed by atoms with Gasteiger partial charge in [0.1, 0.15) is 5.65 Å². The Morgan fingerprint density at radius 1 is 1.26 bits per heavy atom. The van der Waals surface area contributed by atoms with E-state index in [0.29, 0.717) is 23.7 Å². The Kier molecular flexibility index (Phi) is 3.16. The SMILES string of the molecule is NC1CCC(Nc2ncc3ccc(=O)[nH]c3n2)CC1. The molecule has 0 radical (unpaired) electrons. The van der Waals surface area contributed by atoms with Crippen LogP contribution in [0.4, 0.5) is 5.95 Å². The Hall–Kier alpha value is -1.95. The highest BCUT2D eigenvalue weighted by Gasteiger charge is 2.18. The fourth-order valence-corrected chi connectivity index (χ4v) is 2.45. The number of fused-ring (bicyclic) bond motifs is 1. The summed E-state index contributed by atoms with van der Waals surface area (Å²) in [4.78, 5) is 22.6. The number of hydrogen-bond donors (Lipinski definition) is 3. The van der Waals surface area contributed by atoms with E-state index in [-0.39, 0.29) is 5.56 Å². The van der Waals surface area contributed by atoms with Gasteiger partial charge >= 0.3 is 0 Å². The smallest absolute Gasteiger partial charge is 0.249 e. The summed E-state index contributed by atoms with van der Waals surface area (Å²) in [7, 11) is 0. The first kappa shape index (κ1) is 12.1. The number of H-pyrrole nitrogens is 1. The van der Waals surface area contributed by atoms with Gasteiger partial charge in [-0.05, 0) is 31.7 Å². The van der Waals surface area contributed by atoms with Crippen LogP contribution in [0.15, 0.2) is 23.1 Å². The van der Waals surface area contributed by atoms with Gasteiger partial charge in [0.2, 0.25) is 11.5 Å². The van der Waals surface area contributed by atoms with Crippen LogP contribution >= 0.6 is 0 Å². The Labute approximate surface area is 110 Å². The summed E-state index contributed by atoms with van der Waals surface area (Å²) < 4.78 is 0. The van der Waals surface area contributed by atoms with Gasteiger partial charge < -0.3 is 16.0 Å². The highest BCUT2D eigenvalue weighted by Crippen LogP contribution is 2.20. The van der Waals surface area contributed by atoms with Gasteiger partial charge in [0.25, 0.3) is 0 Å². The molecule has 0 aliphatic heterocycles. The number of aromatic nitrogens is 3. The number of anilines is 1. The monoisotopic (exact) mass is 259 g/mol. The Balaban J connectivity index is 1.79. The van der Waals surface area contributed by atoms with Crippen LogP contribution in [0.25, 0.3) is 11.0 Å². The summed E-state index contributed by atoms with van der Waals surface area (Å²) in [6, 6.07) is 3.89. The van der Waals surface area contributed by atoms with Crippen LogP contribution in [0, 0.1) is 0 Å². The second kappa shape index (κ2) is 4.97. The van der Waals surface area contributed by atoms with Crippen LogP contribution in [0.2, 0.25) is 0 Å². The van der Waals surface area contributed by atoms with Crippen molar-refractivity contribution in [1.82, 2.24) is 15.0 Å². The molecule has 2 aromatic heterocycles. The molecule has 19 heavy (non-hydrogen) atoms. The summed E-state index contributed by atoms with van der Waals surface area (Å²) in [5.74, 6) is 0.565. The van der Waals surface area contributed by atoms with Crippen molar-refractivity contribution in [3.8, 4) is 0 Å². The molecule has 100 valence electrons. The van der Waals surface area contributed by atoms with Crippen molar-refractivity contribution in [2.75, 3.05) is 5.32 Å². The maximum atomic E-state index is 11.3. The number of hydrogen-bond acceptors (Lipinski definition) is 5. The second-order valence-electron chi connectivity index (χ2n) is 5.08. The maximum Gasteiger partial charge on any atom is 0.249 e. The van der Waals surface area contributed by atoms with Gasteiger partial charge in [0.15, 0.2) is 0 Å². The zero-order valence-corrected chi connectivity index (χ0v) is 10.6. The van der Waals surface area contributed by atoms with Crippen molar-refractivity contribution in [3.63, 3.8) is 0 Å². The lowest BCUT2D eigenvalue weighted by molar-refractivity contribution is 0.410. The predicted octanol–water partition coefficient (Wildman–Crippen LogP) is 1.000. The van der Waals surface area contributed by atoms with Crippen LogP contribution in [0.3, 0.4) is 0 Å². The molecule has 2 heterocycles. The minimum absolute atomic E-state index is 0.152. The Bertz CT molecular complexity index is 630. The third-order valence-electron chi connectivity index (χ3n) is 3.58. The number of rotatable bonds is 2. The molecule has 2 aromatic rings. The summed E-state index contributed by atoms with van der Waals surface area (Å²) in [5, 5.41) is 4.14. The van der Waals surface area contributed by atoms with Gasteiger partial charge in [0.05, 0.1) is 0 Å². The van der Waals surface area contributed by atoms with Gasteiger partial charge in [-0.15, -0.1) is 0 Å². The Morgan fingerprint density at radius 2 is 2.05 bits per heavy atom. The zero-order valence-electron chi connectivity index (χ0n) is 10.6. The van der Waals surface area contributed by atoms with Crippen LogP contribution in [0.5, 0.6) is 0 Å². The molecule has 0 bridgehead atoms. The molecule has 6 nitrogen and oxygen atoms in total. The molecule has 3 rings (SSSR count). The summed E-state index contributed by atoms with van der Waals surface area (Å²) in [6.45, 7) is 0. The van der Waals surface area contributed by atoms with Crippen molar-refractivity contribution in [1.29, 1.82) is 0 Å². The lowest BCUT2D eigenvalue weighted by atomic mass is 9.92. The number of aromatic amines is 1. The molecular weight excluding hydrogens is 242 g/mol. The molecule has 0 atom stereocenters. The van der Waals surface area contributed by atoms with Crippen molar-refractivity contribution < 1.29 is 0 Å². The van der Waals surface area contributed by atoms with Crippen molar-refractivity contribution in [3.05, 3.63) is 28.7 Å². The molecule has 1 aliphatic carbocycles. The van der Waals surface area contributed by atoms with Crippen LogP contribution < -0.4 is 16.6 Å². The van der Waals surface area contributed by atoms with Crippen LogP contribution in [0.1, 0.15) is 25.7 Å². The number of pyridine rings is 1. The third-order valence-corrected chi connectivity index (χ3v) is 3.58. The molecule has 0 unspecified atom stereocenters. The minimum atomic E-state index is -0.152. The van der Waals surface area contributed by atoms with Gasteiger partial charge in [-0.25, -0.2) is 4.98 Å². The molecule has 1 aliphatic rings. The topological polar surface area (TPSA) is 96.7 Å². The van der Waals surface area contributed by atoms with E-state index >= 15 is 0 Å². The lowest BCUT2D eigenvalue weighted by Crippen LogP contribution is -2.33. The van der Waals surface area contributed by atoms with E-state index < -0.39 is 0 Å². The molecule has 1 saturated carbocycles. The quantitative estimate of drug-likeness (QED) is 0.747. The zero-order chi connectivity index (χ0) is 13.2. The molecule has 4 N–H and O–H groups in total. The average molecular weight is 259 g/mol. The third kappa shape index (κ3) is 2.73. The number of nitrogens with zero attached hydrogens (tertiary/aromatic N) is 2. The average Bonchev–Trinajstić information content (AvgIpc) is 2.41. The largest absolute Gasteiger partial charge is 0.351 e. The molecular formula is C13H17N5O. The summed E-state index contributed by atoms with van der Waals surface area (Å²) in [5.41, 5.74) is 6.30. The standard InChI is InChI=1S/C13H17N5O/c14-9-2-4-10(5-3-9)16-13-15-7-8-1-6-11(19)17-12(8)18-13/h1,6-7,9-10H,2-5,14H2,(H2,15,16,17,18,19). The lowest BCUT2D eigenvalue weighted by Gasteiger charge is -2.26. The first-order valence-electron chi connectivity index (χ1n) is 6.59. The summed E-state index contributed by atoms with van der Waals surface area (Å²) >= 11 is 0.